The summed E-state index contributed by atoms with van der Waals surface area (Å²) in [6, 6.07) is 15.9. The molecule has 0 unspecified atom stereocenters. The van der Waals surface area contributed by atoms with Crippen molar-refractivity contribution in [3.63, 3.8) is 0 Å². The number of hydrogen-bond donors (Lipinski definition) is 1. The zero-order valence-electron chi connectivity index (χ0n) is 11.4. The van der Waals surface area contributed by atoms with E-state index in [-0.39, 0.29) is 0 Å². The van der Waals surface area contributed by atoms with Crippen molar-refractivity contribution in [1.29, 1.82) is 0 Å². The summed E-state index contributed by atoms with van der Waals surface area (Å²) in [6.07, 6.45) is 0. The van der Waals surface area contributed by atoms with Gasteiger partial charge in [0, 0.05) is 17.5 Å². The highest BCUT2D eigenvalue weighted by Gasteiger charge is 2.12. The Labute approximate surface area is 118 Å². The molecule has 0 aliphatic rings. The third-order valence-corrected chi connectivity index (χ3v) is 3.35. The normalized spacial score (nSPS) is 10.9. The van der Waals surface area contributed by atoms with Gasteiger partial charge in [-0.25, -0.2) is 0 Å². The number of benzene rings is 2. The fraction of sp³-hybridized carbons (Fsp3) is 0.176. The molecule has 2 N–H and O–H groups in total. The summed E-state index contributed by atoms with van der Waals surface area (Å²) in [5, 5.41) is 1.07. The fourth-order valence-electron chi connectivity index (χ4n) is 2.34. The molecule has 3 heteroatoms. The fourth-order valence-corrected chi connectivity index (χ4v) is 2.34. The largest absolute Gasteiger partial charge is 0.486 e. The predicted molar refractivity (Wildman–Crippen MR) is 79.6 cm³/mol. The zero-order chi connectivity index (χ0) is 13.9. The van der Waals surface area contributed by atoms with Gasteiger partial charge in [-0.2, -0.15) is 0 Å². The lowest BCUT2D eigenvalue weighted by atomic mass is 10.1. The first kappa shape index (κ1) is 12.8. The van der Waals surface area contributed by atoms with Gasteiger partial charge in [-0.15, -0.1) is 0 Å². The Kier molecular flexibility index (Phi) is 3.44. The van der Waals surface area contributed by atoms with E-state index in [1.54, 1.807) is 0 Å². The maximum absolute atomic E-state index is 5.84. The maximum atomic E-state index is 5.84. The summed E-state index contributed by atoms with van der Waals surface area (Å²) in [7, 11) is 0. The Balaban J connectivity index is 1.87. The van der Waals surface area contributed by atoms with Crippen LogP contribution in [-0.4, -0.2) is 0 Å². The van der Waals surface area contributed by atoms with Crippen molar-refractivity contribution in [2.24, 2.45) is 5.73 Å². The van der Waals surface area contributed by atoms with Gasteiger partial charge in [0.25, 0.3) is 0 Å². The minimum atomic E-state index is 0.394. The smallest absolute Gasteiger partial charge is 0.147 e. The molecule has 0 atom stereocenters. The van der Waals surface area contributed by atoms with Gasteiger partial charge in [-0.1, -0.05) is 30.3 Å². The lowest BCUT2D eigenvalue weighted by Crippen LogP contribution is -2.02. The van der Waals surface area contributed by atoms with Crippen molar-refractivity contribution in [2.45, 2.75) is 20.1 Å². The van der Waals surface area contributed by atoms with Crippen LogP contribution in [0.25, 0.3) is 11.0 Å². The minimum Gasteiger partial charge on any atom is -0.486 e. The molecule has 1 aromatic heterocycles. The van der Waals surface area contributed by atoms with Gasteiger partial charge >= 0.3 is 0 Å². The van der Waals surface area contributed by atoms with E-state index in [1.807, 2.05) is 55.5 Å². The van der Waals surface area contributed by atoms with Crippen molar-refractivity contribution in [2.75, 3.05) is 0 Å². The first-order valence-corrected chi connectivity index (χ1v) is 6.67. The highest BCUT2D eigenvalue weighted by atomic mass is 16.5. The zero-order valence-corrected chi connectivity index (χ0v) is 11.4. The maximum Gasteiger partial charge on any atom is 0.147 e. The van der Waals surface area contributed by atoms with Crippen molar-refractivity contribution in [1.82, 2.24) is 0 Å². The molecule has 102 valence electrons. The van der Waals surface area contributed by atoms with Crippen LogP contribution in [0.5, 0.6) is 5.75 Å². The molecule has 2 aromatic carbocycles. The summed E-state index contributed by atoms with van der Waals surface area (Å²) in [4.78, 5) is 0. The number of rotatable bonds is 4. The van der Waals surface area contributed by atoms with E-state index in [9.17, 15) is 0 Å². The Morgan fingerprint density at radius 2 is 1.95 bits per heavy atom. The SMILES string of the molecule is Cc1cccc(OCc2oc3ccccc3c2CN)c1. The van der Waals surface area contributed by atoms with E-state index in [4.69, 9.17) is 14.9 Å². The second kappa shape index (κ2) is 5.39. The molecule has 3 rings (SSSR count). The van der Waals surface area contributed by atoms with Crippen molar-refractivity contribution in [3.05, 3.63) is 65.4 Å². The monoisotopic (exact) mass is 267 g/mol. The number of hydrogen-bond acceptors (Lipinski definition) is 3. The molecule has 0 saturated heterocycles. The van der Waals surface area contributed by atoms with E-state index < -0.39 is 0 Å². The molecule has 0 saturated carbocycles. The quantitative estimate of drug-likeness (QED) is 0.782. The van der Waals surface area contributed by atoms with Gasteiger partial charge in [0.1, 0.15) is 23.7 Å². The highest BCUT2D eigenvalue weighted by molar-refractivity contribution is 5.82. The minimum absolute atomic E-state index is 0.394. The average Bonchev–Trinajstić information content (AvgIpc) is 2.82. The van der Waals surface area contributed by atoms with Crippen LogP contribution in [0.3, 0.4) is 0 Å². The number of ether oxygens (including phenoxy) is 1. The first-order valence-electron chi connectivity index (χ1n) is 6.67. The third-order valence-electron chi connectivity index (χ3n) is 3.35. The Hall–Kier alpha value is -2.26. The molecular weight excluding hydrogens is 250 g/mol. The lowest BCUT2D eigenvalue weighted by molar-refractivity contribution is 0.272. The van der Waals surface area contributed by atoms with E-state index in [2.05, 4.69) is 0 Å². The molecule has 3 nitrogen and oxygen atoms in total. The molecule has 1 heterocycles. The molecule has 3 aromatic rings. The lowest BCUT2D eigenvalue weighted by Gasteiger charge is -2.06. The third kappa shape index (κ3) is 2.40. The molecule has 20 heavy (non-hydrogen) atoms. The van der Waals surface area contributed by atoms with E-state index in [0.717, 1.165) is 28.0 Å². The summed E-state index contributed by atoms with van der Waals surface area (Å²) in [5.74, 6) is 1.64. The van der Waals surface area contributed by atoms with Gasteiger partial charge in [-0.3, -0.25) is 0 Å². The average molecular weight is 267 g/mol. The Bertz CT molecular complexity index is 731. The van der Waals surface area contributed by atoms with Gasteiger partial charge in [0.15, 0.2) is 0 Å². The molecule has 0 aliphatic heterocycles. The van der Waals surface area contributed by atoms with Crippen LogP contribution < -0.4 is 10.5 Å². The second-order valence-corrected chi connectivity index (χ2v) is 4.81. The van der Waals surface area contributed by atoms with Crippen LogP contribution in [0, 0.1) is 6.92 Å². The van der Waals surface area contributed by atoms with Gasteiger partial charge in [-0.05, 0) is 30.7 Å². The highest BCUT2D eigenvalue weighted by Crippen LogP contribution is 2.26. The van der Waals surface area contributed by atoms with Crippen molar-refractivity contribution < 1.29 is 9.15 Å². The van der Waals surface area contributed by atoms with Crippen LogP contribution in [0.4, 0.5) is 0 Å². The summed E-state index contributed by atoms with van der Waals surface area (Å²) < 4.78 is 11.6. The Morgan fingerprint density at radius 3 is 2.75 bits per heavy atom. The topological polar surface area (TPSA) is 48.4 Å². The van der Waals surface area contributed by atoms with Crippen LogP contribution in [0.1, 0.15) is 16.9 Å². The van der Waals surface area contributed by atoms with Crippen LogP contribution in [0.2, 0.25) is 0 Å². The van der Waals surface area contributed by atoms with Crippen LogP contribution in [-0.2, 0) is 13.2 Å². The molecule has 0 radical (unpaired) electrons. The standard InChI is InChI=1S/C17H17NO2/c1-12-5-4-6-13(9-12)19-11-17-15(10-18)14-7-2-3-8-16(14)20-17/h2-9H,10-11,18H2,1H3. The molecule has 0 amide bonds. The predicted octanol–water partition coefficient (Wildman–Crippen LogP) is 3.78. The first-order chi connectivity index (χ1) is 9.78. The number of nitrogens with two attached hydrogens (primary N) is 1. The van der Waals surface area contributed by atoms with Gasteiger partial charge < -0.3 is 14.9 Å². The summed E-state index contributed by atoms with van der Waals surface area (Å²) in [5.41, 5.74) is 8.89. The van der Waals surface area contributed by atoms with E-state index in [1.165, 1.54) is 5.56 Å². The van der Waals surface area contributed by atoms with Crippen LogP contribution in [0.15, 0.2) is 52.9 Å². The van der Waals surface area contributed by atoms with Crippen molar-refractivity contribution in [3.8, 4) is 5.75 Å². The van der Waals surface area contributed by atoms with Gasteiger partial charge in [0.2, 0.25) is 0 Å². The van der Waals surface area contributed by atoms with Gasteiger partial charge in [0.05, 0.1) is 0 Å². The number of aryl methyl sites for hydroxylation is 1. The number of furan rings is 1. The Morgan fingerprint density at radius 1 is 1.10 bits per heavy atom. The van der Waals surface area contributed by atoms with Crippen molar-refractivity contribution >= 4 is 11.0 Å². The molecular formula is C17H17NO2. The number of fused-ring (bicyclic) bond motifs is 1. The van der Waals surface area contributed by atoms with E-state index >= 15 is 0 Å². The van der Waals surface area contributed by atoms with Crippen LogP contribution >= 0.6 is 0 Å². The molecule has 0 spiro atoms. The molecule has 0 aliphatic carbocycles. The number of para-hydroxylation sites is 1. The summed E-state index contributed by atoms with van der Waals surface area (Å²) >= 11 is 0. The summed E-state index contributed by atoms with van der Waals surface area (Å²) in [6.45, 7) is 2.88. The molecule has 0 fully saturated rings. The molecule has 0 bridgehead atoms. The second-order valence-electron chi connectivity index (χ2n) is 4.81. The van der Waals surface area contributed by atoms with E-state index in [0.29, 0.717) is 13.2 Å².